The first-order valence-corrected chi connectivity index (χ1v) is 5.59. The lowest BCUT2D eigenvalue weighted by molar-refractivity contribution is 1.37. The normalized spacial score (nSPS) is 9.69. The maximum absolute atomic E-state index is 5.88. The molecular formula is C12H6Cl3N. The van der Waals surface area contributed by atoms with Gasteiger partial charge in [0.05, 0.1) is 5.02 Å². The van der Waals surface area contributed by atoms with E-state index in [2.05, 4.69) is 16.8 Å². The van der Waals surface area contributed by atoms with Gasteiger partial charge in [-0.3, -0.25) is 0 Å². The van der Waals surface area contributed by atoms with Gasteiger partial charge in [0, 0.05) is 21.8 Å². The lowest BCUT2D eigenvalue weighted by Gasteiger charge is -1.94. The number of nitrogens with one attached hydrogen (secondary N) is 1. The highest BCUT2D eigenvalue weighted by molar-refractivity contribution is 6.34. The van der Waals surface area contributed by atoms with Crippen molar-refractivity contribution in [2.24, 2.45) is 0 Å². The first-order chi connectivity index (χ1) is 7.65. The minimum absolute atomic E-state index is 0.564. The Labute approximate surface area is 108 Å². The SMILES string of the molecule is Clc1cc(Cl)cc(C#Cc2[nH]ccc2Cl)c1. The van der Waals surface area contributed by atoms with Crippen molar-refractivity contribution in [3.8, 4) is 11.8 Å². The maximum Gasteiger partial charge on any atom is 0.109 e. The van der Waals surface area contributed by atoms with E-state index in [1.54, 1.807) is 30.5 Å². The van der Waals surface area contributed by atoms with Crippen molar-refractivity contribution in [1.29, 1.82) is 0 Å². The predicted octanol–water partition coefficient (Wildman–Crippen LogP) is 4.37. The highest BCUT2D eigenvalue weighted by atomic mass is 35.5. The quantitative estimate of drug-likeness (QED) is 0.684. The molecule has 1 aromatic heterocycles. The molecule has 0 bridgehead atoms. The molecule has 4 heteroatoms. The van der Waals surface area contributed by atoms with Gasteiger partial charge in [0.25, 0.3) is 0 Å². The second-order valence-electron chi connectivity index (χ2n) is 3.11. The number of hydrogen-bond acceptors (Lipinski definition) is 0. The van der Waals surface area contributed by atoms with E-state index in [9.17, 15) is 0 Å². The van der Waals surface area contributed by atoms with Crippen molar-refractivity contribution in [1.82, 2.24) is 4.98 Å². The minimum Gasteiger partial charge on any atom is -0.354 e. The van der Waals surface area contributed by atoms with Crippen LogP contribution in [0.2, 0.25) is 15.1 Å². The summed E-state index contributed by atoms with van der Waals surface area (Å²) in [5.41, 5.74) is 1.43. The maximum atomic E-state index is 5.88. The number of halogens is 3. The standard InChI is InChI=1S/C12H6Cl3N/c13-9-5-8(6-10(14)7-9)1-2-12-11(15)3-4-16-12/h3-7,16H. The molecule has 0 saturated carbocycles. The lowest BCUT2D eigenvalue weighted by atomic mass is 10.2. The van der Waals surface area contributed by atoms with Crippen LogP contribution in [0.5, 0.6) is 0 Å². The molecule has 0 atom stereocenters. The number of rotatable bonds is 0. The Morgan fingerprint density at radius 2 is 1.62 bits per heavy atom. The molecule has 0 unspecified atom stereocenters. The molecule has 1 N–H and O–H groups in total. The third kappa shape index (κ3) is 2.74. The zero-order chi connectivity index (χ0) is 11.5. The van der Waals surface area contributed by atoms with E-state index < -0.39 is 0 Å². The van der Waals surface area contributed by atoms with Gasteiger partial charge in [-0.05, 0) is 30.2 Å². The Morgan fingerprint density at radius 3 is 2.19 bits per heavy atom. The van der Waals surface area contributed by atoms with Crippen LogP contribution < -0.4 is 0 Å². The van der Waals surface area contributed by atoms with E-state index in [1.807, 2.05) is 0 Å². The molecule has 0 spiro atoms. The summed E-state index contributed by atoms with van der Waals surface area (Å²) < 4.78 is 0. The van der Waals surface area contributed by atoms with Crippen molar-refractivity contribution < 1.29 is 0 Å². The summed E-state index contributed by atoms with van der Waals surface area (Å²) in [7, 11) is 0. The van der Waals surface area contributed by atoms with Gasteiger partial charge in [-0.2, -0.15) is 0 Å². The zero-order valence-corrected chi connectivity index (χ0v) is 10.3. The van der Waals surface area contributed by atoms with E-state index in [1.165, 1.54) is 0 Å². The summed E-state index contributed by atoms with van der Waals surface area (Å²) in [4.78, 5) is 2.93. The third-order valence-electron chi connectivity index (χ3n) is 1.89. The summed E-state index contributed by atoms with van der Waals surface area (Å²) in [6, 6.07) is 6.90. The van der Waals surface area contributed by atoms with Gasteiger partial charge >= 0.3 is 0 Å². The van der Waals surface area contributed by atoms with Crippen LogP contribution in [0.15, 0.2) is 30.5 Å². The molecule has 1 nitrogen and oxygen atoms in total. The molecule has 0 aliphatic carbocycles. The third-order valence-corrected chi connectivity index (χ3v) is 2.64. The van der Waals surface area contributed by atoms with Crippen molar-refractivity contribution >= 4 is 34.8 Å². The largest absolute Gasteiger partial charge is 0.354 e. The molecule has 0 radical (unpaired) electrons. The number of benzene rings is 1. The van der Waals surface area contributed by atoms with E-state index in [-0.39, 0.29) is 0 Å². The molecule has 2 rings (SSSR count). The first kappa shape index (κ1) is 11.4. The van der Waals surface area contributed by atoms with Gasteiger partial charge in [0.2, 0.25) is 0 Å². The summed E-state index contributed by atoms with van der Waals surface area (Å²) in [5, 5.41) is 1.73. The van der Waals surface area contributed by atoms with Crippen molar-refractivity contribution in [3.05, 3.63) is 56.8 Å². The molecule has 0 amide bonds. The fourth-order valence-electron chi connectivity index (χ4n) is 1.21. The fourth-order valence-corrected chi connectivity index (χ4v) is 1.90. The van der Waals surface area contributed by atoms with Crippen LogP contribution in [0.25, 0.3) is 0 Å². The Hall–Kier alpha value is -1.07. The first-order valence-electron chi connectivity index (χ1n) is 4.46. The number of hydrogen-bond donors (Lipinski definition) is 1. The summed E-state index contributed by atoms with van der Waals surface area (Å²) >= 11 is 17.6. The van der Waals surface area contributed by atoms with Gasteiger partial charge in [-0.25, -0.2) is 0 Å². The van der Waals surface area contributed by atoms with Crippen LogP contribution in [0.3, 0.4) is 0 Å². The van der Waals surface area contributed by atoms with E-state index in [0.29, 0.717) is 20.8 Å². The van der Waals surface area contributed by atoms with Crippen LogP contribution >= 0.6 is 34.8 Å². The van der Waals surface area contributed by atoms with Gasteiger partial charge < -0.3 is 4.98 Å². The molecule has 16 heavy (non-hydrogen) atoms. The Kier molecular flexibility index (Phi) is 3.46. The lowest BCUT2D eigenvalue weighted by Crippen LogP contribution is -1.77. The summed E-state index contributed by atoms with van der Waals surface area (Å²) in [6.07, 6.45) is 1.73. The van der Waals surface area contributed by atoms with Crippen LogP contribution in [-0.4, -0.2) is 4.98 Å². The Morgan fingerprint density at radius 1 is 0.938 bits per heavy atom. The van der Waals surface area contributed by atoms with Crippen molar-refractivity contribution in [2.75, 3.05) is 0 Å². The predicted molar refractivity (Wildman–Crippen MR) is 68.2 cm³/mol. The molecule has 0 saturated heterocycles. The highest BCUT2D eigenvalue weighted by Gasteiger charge is 1.97. The fraction of sp³-hybridized carbons (Fsp3) is 0. The monoisotopic (exact) mass is 269 g/mol. The molecule has 0 aliphatic heterocycles. The van der Waals surface area contributed by atoms with Gasteiger partial charge in [0.1, 0.15) is 5.69 Å². The highest BCUT2D eigenvalue weighted by Crippen LogP contribution is 2.18. The second-order valence-corrected chi connectivity index (χ2v) is 4.39. The molecular weight excluding hydrogens is 264 g/mol. The summed E-state index contributed by atoms with van der Waals surface area (Å²) in [6.45, 7) is 0. The number of aromatic nitrogens is 1. The Bertz CT molecular complexity index is 555. The van der Waals surface area contributed by atoms with Crippen LogP contribution in [-0.2, 0) is 0 Å². The zero-order valence-electron chi connectivity index (χ0n) is 8.02. The van der Waals surface area contributed by atoms with E-state index in [0.717, 1.165) is 5.56 Å². The topological polar surface area (TPSA) is 15.8 Å². The van der Waals surface area contributed by atoms with E-state index in [4.69, 9.17) is 34.8 Å². The summed E-state index contributed by atoms with van der Waals surface area (Å²) in [5.74, 6) is 5.84. The van der Waals surface area contributed by atoms with Crippen LogP contribution in [0, 0.1) is 11.8 Å². The van der Waals surface area contributed by atoms with Crippen LogP contribution in [0.1, 0.15) is 11.3 Å². The van der Waals surface area contributed by atoms with Gasteiger partial charge in [-0.1, -0.05) is 40.7 Å². The van der Waals surface area contributed by atoms with Gasteiger partial charge in [0.15, 0.2) is 0 Å². The number of H-pyrrole nitrogens is 1. The number of aromatic amines is 1. The average molecular weight is 271 g/mol. The molecule has 0 aliphatic rings. The smallest absolute Gasteiger partial charge is 0.109 e. The molecule has 80 valence electrons. The minimum atomic E-state index is 0.564. The molecule has 1 aromatic carbocycles. The van der Waals surface area contributed by atoms with Gasteiger partial charge in [-0.15, -0.1) is 0 Å². The van der Waals surface area contributed by atoms with Crippen molar-refractivity contribution in [2.45, 2.75) is 0 Å². The molecule has 2 aromatic rings. The van der Waals surface area contributed by atoms with Crippen LogP contribution in [0.4, 0.5) is 0 Å². The average Bonchev–Trinajstić information content (AvgIpc) is 2.59. The van der Waals surface area contributed by atoms with Crippen molar-refractivity contribution in [3.63, 3.8) is 0 Å². The van der Waals surface area contributed by atoms with E-state index >= 15 is 0 Å². The molecule has 0 fully saturated rings. The molecule has 1 heterocycles. The Balaban J connectivity index is 2.34. The second kappa shape index (κ2) is 4.84.